The fraction of sp³-hybridized carbons (Fsp3) is 0.125. The zero-order valence-corrected chi connectivity index (χ0v) is 12.1. The molecule has 0 spiro atoms. The van der Waals surface area contributed by atoms with Gasteiger partial charge in [-0.1, -0.05) is 18.2 Å². The van der Waals surface area contributed by atoms with Gasteiger partial charge in [-0.2, -0.15) is 13.2 Å². The Balaban J connectivity index is 1.92. The number of rotatable bonds is 3. The maximum Gasteiger partial charge on any atom is 0.449 e. The normalized spacial score (nSPS) is 11.7. The number of nitrogens with one attached hydrogen (secondary N) is 1. The molecule has 0 aliphatic carbocycles. The second kappa shape index (κ2) is 5.95. The monoisotopic (exact) mass is 337 g/mol. The number of anilines is 1. The first-order valence-electron chi connectivity index (χ1n) is 6.92. The molecule has 124 valence electrons. The SMILES string of the molecule is O=C(Cn1c(C(F)(F)F)nc2ccccc21)Nc1cccc(F)c1. The van der Waals surface area contributed by atoms with Gasteiger partial charge in [0.25, 0.3) is 0 Å². The molecule has 0 atom stereocenters. The van der Waals surface area contributed by atoms with Crippen molar-refractivity contribution in [1.82, 2.24) is 9.55 Å². The van der Waals surface area contributed by atoms with Gasteiger partial charge in [0.05, 0.1) is 11.0 Å². The molecule has 0 bridgehead atoms. The fourth-order valence-corrected chi connectivity index (χ4v) is 2.36. The predicted molar refractivity (Wildman–Crippen MR) is 79.8 cm³/mol. The van der Waals surface area contributed by atoms with Crippen LogP contribution in [0.2, 0.25) is 0 Å². The van der Waals surface area contributed by atoms with E-state index in [1.165, 1.54) is 30.3 Å². The van der Waals surface area contributed by atoms with E-state index in [1.807, 2.05) is 0 Å². The van der Waals surface area contributed by atoms with Gasteiger partial charge in [-0.15, -0.1) is 0 Å². The van der Waals surface area contributed by atoms with E-state index >= 15 is 0 Å². The third-order valence-electron chi connectivity index (χ3n) is 3.32. The molecule has 0 aliphatic heterocycles. The van der Waals surface area contributed by atoms with Crippen LogP contribution in [-0.4, -0.2) is 15.5 Å². The summed E-state index contributed by atoms with van der Waals surface area (Å²) in [7, 11) is 0. The molecular weight excluding hydrogens is 326 g/mol. The van der Waals surface area contributed by atoms with E-state index in [2.05, 4.69) is 10.3 Å². The van der Waals surface area contributed by atoms with E-state index in [4.69, 9.17) is 0 Å². The summed E-state index contributed by atoms with van der Waals surface area (Å²) in [5.41, 5.74) is 0.501. The zero-order chi connectivity index (χ0) is 17.3. The van der Waals surface area contributed by atoms with Gasteiger partial charge < -0.3 is 9.88 Å². The molecule has 1 aromatic heterocycles. The van der Waals surface area contributed by atoms with Crippen molar-refractivity contribution < 1.29 is 22.4 Å². The average molecular weight is 337 g/mol. The van der Waals surface area contributed by atoms with Crippen LogP contribution >= 0.6 is 0 Å². The maximum atomic E-state index is 13.2. The number of hydrogen-bond acceptors (Lipinski definition) is 2. The zero-order valence-electron chi connectivity index (χ0n) is 12.1. The molecule has 0 aliphatic rings. The lowest BCUT2D eigenvalue weighted by molar-refractivity contribution is -0.147. The van der Waals surface area contributed by atoms with Gasteiger partial charge in [-0.05, 0) is 30.3 Å². The number of carbonyl (C=O) groups excluding carboxylic acids is 1. The molecule has 0 radical (unpaired) electrons. The summed E-state index contributed by atoms with van der Waals surface area (Å²) in [6, 6.07) is 11.1. The molecule has 1 amide bonds. The number of imidazole rings is 1. The van der Waals surface area contributed by atoms with Crippen molar-refractivity contribution in [2.75, 3.05) is 5.32 Å². The first-order valence-corrected chi connectivity index (χ1v) is 6.92. The van der Waals surface area contributed by atoms with Gasteiger partial charge in [-0.25, -0.2) is 9.37 Å². The minimum absolute atomic E-state index is 0.142. The third-order valence-corrected chi connectivity index (χ3v) is 3.32. The molecule has 1 heterocycles. The van der Waals surface area contributed by atoms with E-state index in [1.54, 1.807) is 12.1 Å². The topological polar surface area (TPSA) is 46.9 Å². The molecule has 8 heteroatoms. The molecule has 24 heavy (non-hydrogen) atoms. The maximum absolute atomic E-state index is 13.2. The number of nitrogens with zero attached hydrogens (tertiary/aromatic N) is 2. The minimum Gasteiger partial charge on any atom is -0.324 e. The molecule has 3 rings (SSSR count). The Morgan fingerprint density at radius 2 is 1.88 bits per heavy atom. The standard InChI is InChI=1S/C16H11F4N3O/c17-10-4-3-5-11(8-10)21-14(24)9-23-13-7-2-1-6-12(13)22-15(23)16(18,19)20/h1-8H,9H2,(H,21,24). The van der Waals surface area contributed by atoms with Crippen molar-refractivity contribution in [2.45, 2.75) is 12.7 Å². The number of carbonyl (C=O) groups is 1. The Kier molecular flexibility index (Phi) is 3.96. The summed E-state index contributed by atoms with van der Waals surface area (Å²) in [6.45, 7) is -0.591. The summed E-state index contributed by atoms with van der Waals surface area (Å²) < 4.78 is 53.4. The Bertz CT molecular complexity index is 902. The minimum atomic E-state index is -4.70. The van der Waals surface area contributed by atoms with Gasteiger partial charge in [0.15, 0.2) is 0 Å². The summed E-state index contributed by atoms with van der Waals surface area (Å²) in [4.78, 5) is 15.6. The van der Waals surface area contributed by atoms with Crippen molar-refractivity contribution in [3.63, 3.8) is 0 Å². The predicted octanol–water partition coefficient (Wildman–Crippen LogP) is 3.83. The van der Waals surface area contributed by atoms with Crippen LogP contribution in [0.1, 0.15) is 5.82 Å². The van der Waals surface area contributed by atoms with Crippen molar-refractivity contribution in [2.24, 2.45) is 0 Å². The van der Waals surface area contributed by atoms with Crippen molar-refractivity contribution in [3.05, 3.63) is 60.2 Å². The van der Waals surface area contributed by atoms with Crippen LogP contribution < -0.4 is 5.32 Å². The number of fused-ring (bicyclic) bond motifs is 1. The second-order valence-corrected chi connectivity index (χ2v) is 5.07. The largest absolute Gasteiger partial charge is 0.449 e. The molecule has 0 fully saturated rings. The van der Waals surface area contributed by atoms with Crippen LogP contribution in [0.15, 0.2) is 48.5 Å². The molecule has 0 unspecified atom stereocenters. The van der Waals surface area contributed by atoms with E-state index in [0.29, 0.717) is 0 Å². The van der Waals surface area contributed by atoms with E-state index in [-0.39, 0.29) is 16.7 Å². The van der Waals surface area contributed by atoms with Crippen LogP contribution in [0.5, 0.6) is 0 Å². The smallest absolute Gasteiger partial charge is 0.324 e. The summed E-state index contributed by atoms with van der Waals surface area (Å²) in [5.74, 6) is -2.43. The molecule has 0 saturated heterocycles. The highest BCUT2D eigenvalue weighted by atomic mass is 19.4. The lowest BCUT2D eigenvalue weighted by Crippen LogP contribution is -2.23. The van der Waals surface area contributed by atoms with Crippen molar-refractivity contribution in [1.29, 1.82) is 0 Å². The van der Waals surface area contributed by atoms with Crippen molar-refractivity contribution >= 4 is 22.6 Å². The highest BCUT2D eigenvalue weighted by molar-refractivity contribution is 5.91. The van der Waals surface area contributed by atoms with Crippen LogP contribution in [0.4, 0.5) is 23.2 Å². The van der Waals surface area contributed by atoms with Crippen LogP contribution in [-0.2, 0) is 17.5 Å². The van der Waals surface area contributed by atoms with E-state index < -0.39 is 30.3 Å². The van der Waals surface area contributed by atoms with Crippen LogP contribution in [0.3, 0.4) is 0 Å². The number of aromatic nitrogens is 2. The van der Waals surface area contributed by atoms with Gasteiger partial charge in [-0.3, -0.25) is 4.79 Å². The Morgan fingerprint density at radius 3 is 2.58 bits per heavy atom. The van der Waals surface area contributed by atoms with E-state index in [9.17, 15) is 22.4 Å². The van der Waals surface area contributed by atoms with Crippen molar-refractivity contribution in [3.8, 4) is 0 Å². The highest BCUT2D eigenvalue weighted by Crippen LogP contribution is 2.31. The lowest BCUT2D eigenvalue weighted by Gasteiger charge is -2.11. The molecule has 3 aromatic rings. The molecule has 4 nitrogen and oxygen atoms in total. The fourth-order valence-electron chi connectivity index (χ4n) is 2.36. The first kappa shape index (κ1) is 16.0. The van der Waals surface area contributed by atoms with Gasteiger partial charge >= 0.3 is 6.18 Å². The van der Waals surface area contributed by atoms with E-state index in [0.717, 1.165) is 10.6 Å². The molecule has 1 N–H and O–H groups in total. The second-order valence-electron chi connectivity index (χ2n) is 5.07. The van der Waals surface area contributed by atoms with Crippen LogP contribution in [0, 0.1) is 5.82 Å². The Morgan fingerprint density at radius 1 is 1.12 bits per heavy atom. The number of hydrogen-bond donors (Lipinski definition) is 1. The molecule has 2 aromatic carbocycles. The van der Waals surface area contributed by atoms with Crippen LogP contribution in [0.25, 0.3) is 11.0 Å². The molecular formula is C16H11F4N3O. The van der Waals surface area contributed by atoms with Gasteiger partial charge in [0.2, 0.25) is 11.7 Å². The number of para-hydroxylation sites is 2. The number of benzene rings is 2. The first-order chi connectivity index (χ1) is 11.3. The number of alkyl halides is 3. The third kappa shape index (κ3) is 3.22. The molecule has 0 saturated carbocycles. The Hall–Kier alpha value is -2.90. The highest BCUT2D eigenvalue weighted by Gasteiger charge is 2.37. The van der Waals surface area contributed by atoms with Gasteiger partial charge in [0, 0.05) is 5.69 Å². The quantitative estimate of drug-likeness (QED) is 0.738. The lowest BCUT2D eigenvalue weighted by atomic mass is 10.3. The number of amides is 1. The summed E-state index contributed by atoms with van der Waals surface area (Å²) >= 11 is 0. The Labute approximate surface area is 133 Å². The summed E-state index contributed by atoms with van der Waals surface area (Å²) in [6.07, 6.45) is -4.70. The summed E-state index contributed by atoms with van der Waals surface area (Å²) in [5, 5.41) is 2.37. The number of halogens is 4. The average Bonchev–Trinajstić information content (AvgIpc) is 2.86. The van der Waals surface area contributed by atoms with Gasteiger partial charge in [0.1, 0.15) is 12.4 Å².